The second-order valence-electron chi connectivity index (χ2n) is 4.63. The smallest absolute Gasteiger partial charge is 0.271 e. The second kappa shape index (κ2) is 6.37. The van der Waals surface area contributed by atoms with Gasteiger partial charge in [-0.15, -0.1) is 5.10 Å². The summed E-state index contributed by atoms with van der Waals surface area (Å²) in [5.41, 5.74) is 6.46. The molecule has 96 valence electrons. The Bertz CT molecular complexity index is 371. The number of nitrogens with zero attached hydrogens (tertiary/aromatic N) is 3. The summed E-state index contributed by atoms with van der Waals surface area (Å²) in [6, 6.07) is 0. The zero-order chi connectivity index (χ0) is 12.8. The Morgan fingerprint density at radius 2 is 2.06 bits per heavy atom. The van der Waals surface area contributed by atoms with Gasteiger partial charge in [0.25, 0.3) is 5.91 Å². The Hall–Kier alpha value is -1.39. The molecule has 0 aromatic carbocycles. The van der Waals surface area contributed by atoms with E-state index < -0.39 is 5.91 Å². The van der Waals surface area contributed by atoms with E-state index in [2.05, 4.69) is 17.2 Å². The highest BCUT2D eigenvalue weighted by Crippen LogP contribution is 2.17. The summed E-state index contributed by atoms with van der Waals surface area (Å²) in [6.45, 7) is 7.04. The molecule has 0 spiro atoms. The van der Waals surface area contributed by atoms with Gasteiger partial charge in [-0.05, 0) is 12.3 Å². The molecule has 0 atom stereocenters. The number of hydrogen-bond donors (Lipinski definition) is 1. The third kappa shape index (κ3) is 3.54. The molecular formula is C12H22N4O. The van der Waals surface area contributed by atoms with Crippen LogP contribution in [-0.4, -0.2) is 20.9 Å². The first kappa shape index (κ1) is 13.7. The summed E-state index contributed by atoms with van der Waals surface area (Å²) in [5.74, 6) is -0.285. The van der Waals surface area contributed by atoms with Crippen LogP contribution in [0.2, 0.25) is 0 Å². The summed E-state index contributed by atoms with van der Waals surface area (Å²) >= 11 is 0. The molecule has 1 heterocycles. The van der Waals surface area contributed by atoms with Crippen LogP contribution in [0, 0.1) is 0 Å². The zero-order valence-corrected chi connectivity index (χ0v) is 10.9. The van der Waals surface area contributed by atoms with Gasteiger partial charge in [0.2, 0.25) is 0 Å². The number of nitrogens with two attached hydrogens (primary N) is 1. The van der Waals surface area contributed by atoms with Gasteiger partial charge < -0.3 is 5.73 Å². The maximum atomic E-state index is 11.2. The highest BCUT2D eigenvalue weighted by molar-refractivity contribution is 5.91. The van der Waals surface area contributed by atoms with E-state index in [-0.39, 0.29) is 5.92 Å². The molecule has 0 radical (unpaired) electrons. The van der Waals surface area contributed by atoms with Crippen molar-refractivity contribution < 1.29 is 4.79 Å². The van der Waals surface area contributed by atoms with Gasteiger partial charge in [0.05, 0.1) is 5.69 Å². The van der Waals surface area contributed by atoms with E-state index in [0.29, 0.717) is 5.69 Å². The Morgan fingerprint density at radius 1 is 1.35 bits per heavy atom. The van der Waals surface area contributed by atoms with Crippen molar-refractivity contribution in [2.24, 2.45) is 5.73 Å². The summed E-state index contributed by atoms with van der Waals surface area (Å²) in [7, 11) is 0. The second-order valence-corrected chi connectivity index (χ2v) is 4.63. The molecule has 17 heavy (non-hydrogen) atoms. The molecule has 5 nitrogen and oxygen atoms in total. The quantitative estimate of drug-likeness (QED) is 0.739. The fourth-order valence-corrected chi connectivity index (χ4v) is 1.92. The molecule has 0 fully saturated rings. The molecule has 0 aliphatic carbocycles. The van der Waals surface area contributed by atoms with Gasteiger partial charge >= 0.3 is 0 Å². The lowest BCUT2D eigenvalue weighted by Gasteiger charge is -2.09. The minimum absolute atomic E-state index is 0.207. The molecule has 0 saturated heterocycles. The number of aromatic nitrogens is 3. The Morgan fingerprint density at radius 3 is 2.59 bits per heavy atom. The maximum Gasteiger partial charge on any atom is 0.271 e. The lowest BCUT2D eigenvalue weighted by molar-refractivity contribution is 0.0994. The van der Waals surface area contributed by atoms with Crippen LogP contribution in [-0.2, 0) is 6.54 Å². The largest absolute Gasteiger partial charge is 0.364 e. The van der Waals surface area contributed by atoms with Crippen molar-refractivity contribution in [2.75, 3.05) is 0 Å². The number of unbranched alkanes of at least 4 members (excludes halogenated alkanes) is 3. The van der Waals surface area contributed by atoms with Crippen molar-refractivity contribution in [3.63, 3.8) is 0 Å². The Labute approximate surface area is 102 Å². The van der Waals surface area contributed by atoms with E-state index in [4.69, 9.17) is 5.73 Å². The van der Waals surface area contributed by atoms with Gasteiger partial charge in [-0.25, -0.2) is 4.68 Å². The van der Waals surface area contributed by atoms with Crippen molar-refractivity contribution in [2.45, 2.75) is 58.9 Å². The lowest BCUT2D eigenvalue weighted by Crippen LogP contribution is -2.16. The van der Waals surface area contributed by atoms with Crippen LogP contribution in [0.1, 0.15) is 68.6 Å². The molecule has 0 aliphatic rings. The number of amides is 1. The average molecular weight is 238 g/mol. The molecule has 0 bridgehead atoms. The third-order valence-corrected chi connectivity index (χ3v) is 2.78. The monoisotopic (exact) mass is 238 g/mol. The van der Waals surface area contributed by atoms with E-state index >= 15 is 0 Å². The highest BCUT2D eigenvalue weighted by atomic mass is 16.1. The minimum Gasteiger partial charge on any atom is -0.364 e. The van der Waals surface area contributed by atoms with Crippen LogP contribution in [0.3, 0.4) is 0 Å². The average Bonchev–Trinajstić information content (AvgIpc) is 2.68. The number of carbonyl (C=O) groups excluding carboxylic acids is 1. The highest BCUT2D eigenvalue weighted by Gasteiger charge is 2.19. The van der Waals surface area contributed by atoms with Crippen molar-refractivity contribution in [1.29, 1.82) is 0 Å². The normalized spacial score (nSPS) is 11.1. The van der Waals surface area contributed by atoms with Crippen molar-refractivity contribution in [3.8, 4) is 0 Å². The van der Waals surface area contributed by atoms with Gasteiger partial charge in [-0.3, -0.25) is 4.79 Å². The topological polar surface area (TPSA) is 73.8 Å². The van der Waals surface area contributed by atoms with Gasteiger partial charge in [-0.2, -0.15) is 0 Å². The van der Waals surface area contributed by atoms with Crippen LogP contribution in [0.15, 0.2) is 0 Å². The molecule has 0 saturated carbocycles. The van der Waals surface area contributed by atoms with Crippen LogP contribution in [0.25, 0.3) is 0 Å². The first-order chi connectivity index (χ1) is 8.07. The maximum absolute atomic E-state index is 11.2. The van der Waals surface area contributed by atoms with Crippen LogP contribution >= 0.6 is 0 Å². The summed E-state index contributed by atoms with van der Waals surface area (Å²) in [6.07, 6.45) is 4.68. The Balaban J connectivity index is 2.74. The van der Waals surface area contributed by atoms with Gasteiger partial charge in [0.1, 0.15) is 0 Å². The van der Waals surface area contributed by atoms with Gasteiger partial charge in [-0.1, -0.05) is 45.2 Å². The zero-order valence-electron chi connectivity index (χ0n) is 10.9. The first-order valence-electron chi connectivity index (χ1n) is 6.31. The van der Waals surface area contributed by atoms with Gasteiger partial charge in [0, 0.05) is 6.54 Å². The predicted molar refractivity (Wildman–Crippen MR) is 66.8 cm³/mol. The van der Waals surface area contributed by atoms with Crippen molar-refractivity contribution in [1.82, 2.24) is 15.0 Å². The van der Waals surface area contributed by atoms with Crippen LogP contribution in [0.4, 0.5) is 0 Å². The van der Waals surface area contributed by atoms with Crippen molar-refractivity contribution in [3.05, 3.63) is 11.4 Å². The molecule has 5 heteroatoms. The van der Waals surface area contributed by atoms with E-state index in [9.17, 15) is 4.79 Å². The SMILES string of the molecule is CCCCCCn1nnc(C(N)=O)c1C(C)C. The number of aryl methyl sites for hydroxylation is 1. The summed E-state index contributed by atoms with van der Waals surface area (Å²) in [5, 5.41) is 7.90. The number of hydrogen-bond acceptors (Lipinski definition) is 3. The van der Waals surface area contributed by atoms with Crippen LogP contribution in [0.5, 0.6) is 0 Å². The van der Waals surface area contributed by atoms with E-state index in [1.165, 1.54) is 19.3 Å². The van der Waals surface area contributed by atoms with E-state index in [1.807, 2.05) is 18.5 Å². The molecule has 1 aromatic rings. The summed E-state index contributed by atoms with van der Waals surface area (Å²) < 4.78 is 1.82. The summed E-state index contributed by atoms with van der Waals surface area (Å²) in [4.78, 5) is 11.2. The molecule has 1 aromatic heterocycles. The number of carbonyl (C=O) groups is 1. The fourth-order valence-electron chi connectivity index (χ4n) is 1.92. The Kier molecular flexibility index (Phi) is 5.12. The molecular weight excluding hydrogens is 216 g/mol. The lowest BCUT2D eigenvalue weighted by atomic mass is 10.1. The molecule has 0 aliphatic heterocycles. The first-order valence-corrected chi connectivity index (χ1v) is 6.31. The standard InChI is InChI=1S/C12H22N4O/c1-4-5-6-7-8-16-11(9(2)3)10(12(13)17)14-15-16/h9H,4-8H2,1-3H3,(H2,13,17). The van der Waals surface area contributed by atoms with Crippen LogP contribution < -0.4 is 5.73 Å². The number of primary amides is 1. The number of rotatable bonds is 7. The predicted octanol–water partition coefficient (Wildman–Crippen LogP) is 2.08. The van der Waals surface area contributed by atoms with E-state index in [0.717, 1.165) is 18.7 Å². The van der Waals surface area contributed by atoms with E-state index in [1.54, 1.807) is 0 Å². The molecule has 1 rings (SSSR count). The molecule has 0 unspecified atom stereocenters. The molecule has 2 N–H and O–H groups in total. The van der Waals surface area contributed by atoms with Gasteiger partial charge in [0.15, 0.2) is 5.69 Å². The van der Waals surface area contributed by atoms with Crippen molar-refractivity contribution >= 4 is 5.91 Å². The molecule has 1 amide bonds. The third-order valence-electron chi connectivity index (χ3n) is 2.78. The minimum atomic E-state index is -0.492. The fraction of sp³-hybridized carbons (Fsp3) is 0.750.